The van der Waals surface area contributed by atoms with E-state index in [4.69, 9.17) is 9.47 Å². The fourth-order valence-corrected chi connectivity index (χ4v) is 6.63. The molecule has 0 aliphatic carbocycles. The number of nitrogens with zero attached hydrogens (tertiary/aromatic N) is 4. The van der Waals surface area contributed by atoms with Crippen LogP contribution in [0, 0.1) is 0 Å². The van der Waals surface area contributed by atoms with Crippen molar-refractivity contribution >= 4 is 22.7 Å². The summed E-state index contributed by atoms with van der Waals surface area (Å²) in [5.74, 6) is 1.03. The Labute approximate surface area is 218 Å². The van der Waals surface area contributed by atoms with Crippen LogP contribution in [0.5, 0.6) is 5.75 Å². The number of methoxy groups -OCH3 is 1. The molecule has 202 valence electrons. The van der Waals surface area contributed by atoms with Crippen LogP contribution < -0.4 is 4.74 Å². The van der Waals surface area contributed by atoms with Crippen molar-refractivity contribution < 1.29 is 24.2 Å². The lowest BCUT2D eigenvalue weighted by Gasteiger charge is -2.50. The number of carbonyl (C=O) groups is 2. The second-order valence-corrected chi connectivity index (χ2v) is 10.7. The number of carbonyl (C=O) groups excluding carboxylic acids is 2. The van der Waals surface area contributed by atoms with Crippen molar-refractivity contribution in [3.05, 3.63) is 29.5 Å². The summed E-state index contributed by atoms with van der Waals surface area (Å²) in [4.78, 5) is 32.5. The fraction of sp³-hybridized carbons (Fsp3) is 0.643. The summed E-state index contributed by atoms with van der Waals surface area (Å²) in [6.45, 7) is 6.88. The molecule has 2 aromatic rings. The number of piperidine rings is 1. The first-order valence-electron chi connectivity index (χ1n) is 13.6. The average molecular weight is 513 g/mol. The van der Waals surface area contributed by atoms with Crippen LogP contribution in [-0.2, 0) is 26.8 Å². The molecule has 9 nitrogen and oxygen atoms in total. The molecule has 1 atom stereocenters. The predicted molar refractivity (Wildman–Crippen MR) is 141 cm³/mol. The maximum atomic E-state index is 13.8. The number of hydrogen-bond donors (Lipinski definition) is 1. The molecule has 37 heavy (non-hydrogen) atoms. The molecule has 3 aliphatic heterocycles. The third-order valence-electron chi connectivity index (χ3n) is 8.64. The topological polar surface area (TPSA) is 87.5 Å². The number of aliphatic hydroxyl groups excluding tert-OH is 1. The van der Waals surface area contributed by atoms with Crippen LogP contribution in [-0.4, -0.2) is 102 Å². The zero-order chi connectivity index (χ0) is 26.2. The molecule has 1 aromatic carbocycles. The summed E-state index contributed by atoms with van der Waals surface area (Å²) in [5.41, 5.74) is 2.98. The van der Waals surface area contributed by atoms with Gasteiger partial charge in [-0.15, -0.1) is 0 Å². The predicted octanol–water partition coefficient (Wildman–Crippen LogP) is 2.06. The molecule has 1 spiro atoms. The molecule has 5 rings (SSSR count). The van der Waals surface area contributed by atoms with E-state index in [0.717, 1.165) is 54.7 Å². The van der Waals surface area contributed by atoms with E-state index in [2.05, 4.69) is 15.5 Å². The molecule has 1 N–H and O–H groups in total. The van der Waals surface area contributed by atoms with Gasteiger partial charge >= 0.3 is 0 Å². The Kier molecular flexibility index (Phi) is 7.47. The number of rotatable bonds is 6. The van der Waals surface area contributed by atoms with Crippen LogP contribution in [0.2, 0.25) is 0 Å². The molecule has 0 unspecified atom stereocenters. The molecule has 4 heterocycles. The number of hydrogen-bond acceptors (Lipinski definition) is 6. The minimum Gasteiger partial charge on any atom is -0.497 e. The number of ether oxygens (including phenoxy) is 2. The molecule has 9 heteroatoms. The van der Waals surface area contributed by atoms with Crippen LogP contribution >= 0.6 is 0 Å². The lowest BCUT2D eigenvalue weighted by atomic mass is 9.68. The van der Waals surface area contributed by atoms with Gasteiger partial charge in [0, 0.05) is 68.8 Å². The van der Waals surface area contributed by atoms with E-state index in [-0.39, 0.29) is 23.8 Å². The van der Waals surface area contributed by atoms with E-state index >= 15 is 0 Å². The van der Waals surface area contributed by atoms with E-state index in [1.807, 2.05) is 35.9 Å². The number of fused-ring (bicyclic) bond motifs is 4. The molecule has 2 amide bonds. The van der Waals surface area contributed by atoms with Gasteiger partial charge in [0.2, 0.25) is 11.8 Å². The highest BCUT2D eigenvalue weighted by atomic mass is 16.5. The normalized spacial score (nSPS) is 21.9. The highest BCUT2D eigenvalue weighted by molar-refractivity contribution is 5.90. The van der Waals surface area contributed by atoms with Gasteiger partial charge in [-0.3, -0.25) is 14.5 Å². The number of likely N-dealkylation sites (tertiary alicyclic amines) is 1. The van der Waals surface area contributed by atoms with Crippen LogP contribution in [0.1, 0.15) is 49.9 Å². The Hall–Kier alpha value is -2.62. The first-order chi connectivity index (χ1) is 17.9. The van der Waals surface area contributed by atoms with Crippen molar-refractivity contribution in [3.8, 4) is 5.75 Å². The van der Waals surface area contributed by atoms with Gasteiger partial charge in [0.05, 0.1) is 45.0 Å². The van der Waals surface area contributed by atoms with E-state index in [1.54, 1.807) is 7.11 Å². The van der Waals surface area contributed by atoms with Gasteiger partial charge in [-0.05, 0) is 37.0 Å². The number of morpholine rings is 1. The number of benzene rings is 1. The van der Waals surface area contributed by atoms with E-state index in [9.17, 15) is 14.7 Å². The maximum Gasteiger partial charge on any atom is 0.237 e. The van der Waals surface area contributed by atoms with E-state index in [0.29, 0.717) is 45.8 Å². The zero-order valence-electron chi connectivity index (χ0n) is 22.4. The minimum atomic E-state index is -0.419. The maximum absolute atomic E-state index is 13.8. The number of amides is 2. The summed E-state index contributed by atoms with van der Waals surface area (Å²) in [7, 11) is 3.68. The third-order valence-corrected chi connectivity index (χ3v) is 8.64. The highest BCUT2D eigenvalue weighted by Gasteiger charge is 2.49. The average Bonchev–Trinajstić information content (AvgIpc) is 3.22. The second kappa shape index (κ2) is 10.6. The Morgan fingerprint density at radius 1 is 1.14 bits per heavy atom. The monoisotopic (exact) mass is 512 g/mol. The highest BCUT2D eigenvalue weighted by Crippen LogP contribution is 2.50. The molecule has 0 bridgehead atoms. The lowest BCUT2D eigenvalue weighted by Crippen LogP contribution is -2.57. The molecule has 0 saturated carbocycles. The van der Waals surface area contributed by atoms with Crippen LogP contribution in [0.25, 0.3) is 10.9 Å². The quantitative estimate of drug-likeness (QED) is 0.638. The summed E-state index contributed by atoms with van der Waals surface area (Å²) in [6, 6.07) is 5.72. The SMILES string of the molecule is CCCC(=O)N1CCC2(CC1)CN(C(=O)CN1CCOCC1)[C@@H](CO)c1c2c2ccc(OC)cc2n1C. The van der Waals surface area contributed by atoms with Gasteiger partial charge in [-0.2, -0.15) is 0 Å². The van der Waals surface area contributed by atoms with Gasteiger partial charge in [-0.1, -0.05) is 6.92 Å². The van der Waals surface area contributed by atoms with Gasteiger partial charge < -0.3 is 28.9 Å². The number of aryl methyl sites for hydroxylation is 1. The summed E-state index contributed by atoms with van der Waals surface area (Å²) in [6.07, 6.45) is 3.00. The van der Waals surface area contributed by atoms with Crippen LogP contribution in [0.4, 0.5) is 0 Å². The Morgan fingerprint density at radius 3 is 2.51 bits per heavy atom. The van der Waals surface area contributed by atoms with Crippen LogP contribution in [0.3, 0.4) is 0 Å². The first kappa shape index (κ1) is 26.0. The van der Waals surface area contributed by atoms with E-state index in [1.165, 1.54) is 5.56 Å². The Balaban J connectivity index is 1.56. The molecule has 2 fully saturated rings. The van der Waals surface area contributed by atoms with Crippen molar-refractivity contribution in [3.63, 3.8) is 0 Å². The Bertz CT molecular complexity index is 1150. The zero-order valence-corrected chi connectivity index (χ0v) is 22.4. The largest absolute Gasteiger partial charge is 0.497 e. The fourth-order valence-electron chi connectivity index (χ4n) is 6.63. The Morgan fingerprint density at radius 2 is 1.86 bits per heavy atom. The standard InChI is InChI=1S/C28H40N4O5/c1-4-5-24(34)31-10-8-28(9-11-31)19-32(25(35)17-30-12-14-37-15-13-30)23(18-33)27-26(28)21-7-6-20(36-3)16-22(21)29(27)2/h6-7,16,23,33H,4-5,8-15,17-19H2,1-3H3/t23-/m0/s1. The summed E-state index contributed by atoms with van der Waals surface area (Å²) >= 11 is 0. The molecular weight excluding hydrogens is 472 g/mol. The van der Waals surface area contributed by atoms with Crippen LogP contribution in [0.15, 0.2) is 18.2 Å². The summed E-state index contributed by atoms with van der Waals surface area (Å²) in [5, 5.41) is 11.8. The first-order valence-corrected chi connectivity index (χ1v) is 13.6. The van der Waals surface area contributed by atoms with Crippen molar-refractivity contribution in [2.24, 2.45) is 7.05 Å². The minimum absolute atomic E-state index is 0.0401. The third kappa shape index (κ3) is 4.62. The van der Waals surface area contributed by atoms with E-state index < -0.39 is 6.04 Å². The van der Waals surface area contributed by atoms with Gasteiger partial charge in [-0.25, -0.2) is 0 Å². The molecule has 1 aromatic heterocycles. The number of aliphatic hydroxyl groups is 1. The molecule has 3 aliphatic rings. The van der Waals surface area contributed by atoms with Gasteiger partial charge in [0.1, 0.15) is 5.75 Å². The number of aromatic nitrogens is 1. The van der Waals surface area contributed by atoms with Crippen molar-refractivity contribution in [1.82, 2.24) is 19.3 Å². The molecule has 0 radical (unpaired) electrons. The summed E-state index contributed by atoms with van der Waals surface area (Å²) < 4.78 is 13.1. The smallest absolute Gasteiger partial charge is 0.237 e. The van der Waals surface area contributed by atoms with Gasteiger partial charge in [0.15, 0.2) is 0 Å². The lowest BCUT2D eigenvalue weighted by molar-refractivity contribution is -0.141. The molecular formula is C28H40N4O5. The van der Waals surface area contributed by atoms with Crippen molar-refractivity contribution in [2.75, 3.05) is 66.2 Å². The van der Waals surface area contributed by atoms with Gasteiger partial charge in [0.25, 0.3) is 0 Å². The second-order valence-electron chi connectivity index (χ2n) is 10.7. The van der Waals surface area contributed by atoms with Crippen molar-refractivity contribution in [1.29, 1.82) is 0 Å². The molecule has 2 saturated heterocycles. The van der Waals surface area contributed by atoms with Crippen molar-refractivity contribution in [2.45, 2.75) is 44.1 Å².